The molecule has 2 fully saturated rings. The number of carbonyl (C=O) groups excluding carboxylic acids is 3. The van der Waals surface area contributed by atoms with Gasteiger partial charge in [-0.15, -0.1) is 0 Å². The highest BCUT2D eigenvalue weighted by atomic mass is 32.2. The number of nitrogens with two attached hydrogens (primary N) is 1. The third-order valence-corrected chi connectivity index (χ3v) is 8.01. The smallest absolute Gasteiger partial charge is 0.258 e. The molecular formula is C28H34N4O8S. The summed E-state index contributed by atoms with van der Waals surface area (Å²) in [6.07, 6.45) is 1.75. The number of primary sulfonamides is 1. The van der Waals surface area contributed by atoms with Crippen LogP contribution in [-0.4, -0.2) is 75.2 Å². The van der Waals surface area contributed by atoms with Crippen molar-refractivity contribution in [1.29, 1.82) is 0 Å². The monoisotopic (exact) mass is 586 g/mol. The van der Waals surface area contributed by atoms with Crippen molar-refractivity contribution in [3.8, 4) is 17.2 Å². The first-order valence-electron chi connectivity index (χ1n) is 13.6. The van der Waals surface area contributed by atoms with Crippen LogP contribution in [0.2, 0.25) is 0 Å². The van der Waals surface area contributed by atoms with Crippen molar-refractivity contribution in [2.45, 2.75) is 44.4 Å². The minimum absolute atomic E-state index is 0.00527. The van der Waals surface area contributed by atoms with Gasteiger partial charge < -0.3 is 29.7 Å². The molecule has 3 heterocycles. The van der Waals surface area contributed by atoms with E-state index in [2.05, 4.69) is 10.6 Å². The van der Waals surface area contributed by atoms with Crippen LogP contribution >= 0.6 is 0 Å². The van der Waals surface area contributed by atoms with Gasteiger partial charge in [0.2, 0.25) is 15.9 Å². The van der Waals surface area contributed by atoms with Gasteiger partial charge in [0.15, 0.2) is 6.61 Å². The summed E-state index contributed by atoms with van der Waals surface area (Å²) in [5.41, 5.74) is 1.13. The number of fused-ring (bicyclic) bond motifs is 7. The molecule has 2 aromatic rings. The molecule has 4 bridgehead atoms. The van der Waals surface area contributed by atoms with Gasteiger partial charge in [0.05, 0.1) is 24.9 Å². The molecule has 4 aliphatic rings. The molecular weight excluding hydrogens is 552 g/mol. The predicted octanol–water partition coefficient (Wildman–Crippen LogP) is 0.941. The minimum Gasteiger partial charge on any atom is -0.493 e. The molecule has 2 atom stereocenters. The molecule has 6 rings (SSSR count). The van der Waals surface area contributed by atoms with E-state index in [1.807, 2.05) is 12.1 Å². The summed E-state index contributed by atoms with van der Waals surface area (Å²) in [6, 6.07) is 11.4. The number of carbonyl (C=O) groups is 3. The van der Waals surface area contributed by atoms with E-state index in [4.69, 9.17) is 19.3 Å². The molecule has 12 nitrogen and oxygen atoms in total. The zero-order valence-corrected chi connectivity index (χ0v) is 23.4. The lowest BCUT2D eigenvalue weighted by molar-refractivity contribution is -0.130. The van der Waals surface area contributed by atoms with E-state index in [9.17, 15) is 22.8 Å². The molecule has 0 spiro atoms. The number of benzene rings is 2. The van der Waals surface area contributed by atoms with Crippen molar-refractivity contribution in [2.24, 2.45) is 11.1 Å². The molecule has 0 radical (unpaired) electrons. The molecule has 1 aliphatic carbocycles. The second-order valence-corrected chi connectivity index (χ2v) is 12.4. The van der Waals surface area contributed by atoms with Crippen LogP contribution in [0.3, 0.4) is 0 Å². The van der Waals surface area contributed by atoms with Gasteiger partial charge in [-0.2, -0.15) is 0 Å². The van der Waals surface area contributed by atoms with Gasteiger partial charge >= 0.3 is 0 Å². The highest BCUT2D eigenvalue weighted by Gasteiger charge is 2.38. The van der Waals surface area contributed by atoms with Crippen LogP contribution in [0, 0.1) is 5.92 Å². The first-order chi connectivity index (χ1) is 19.6. The number of hydrogen-bond donors (Lipinski definition) is 3. The fourth-order valence-corrected chi connectivity index (χ4v) is 5.25. The van der Waals surface area contributed by atoms with Crippen LogP contribution in [0.5, 0.6) is 17.2 Å². The summed E-state index contributed by atoms with van der Waals surface area (Å²) in [7, 11) is -3.67. The van der Waals surface area contributed by atoms with Gasteiger partial charge in [-0.1, -0.05) is 12.1 Å². The summed E-state index contributed by atoms with van der Waals surface area (Å²) in [5, 5.41) is 10.9. The Bertz CT molecular complexity index is 1390. The molecule has 3 aliphatic heterocycles. The van der Waals surface area contributed by atoms with Gasteiger partial charge in [-0.25, -0.2) is 13.6 Å². The Balaban J connectivity index is 1.37. The Kier molecular flexibility index (Phi) is 8.64. The average Bonchev–Trinajstić information content (AvgIpc) is 3.69. The van der Waals surface area contributed by atoms with Crippen LogP contribution in [0.15, 0.2) is 42.5 Å². The fraction of sp³-hybridized carbons (Fsp3) is 0.464. The third kappa shape index (κ3) is 8.33. The quantitative estimate of drug-likeness (QED) is 0.431. The highest BCUT2D eigenvalue weighted by Crippen LogP contribution is 2.31. The molecule has 0 aromatic heterocycles. The predicted molar refractivity (Wildman–Crippen MR) is 148 cm³/mol. The lowest BCUT2D eigenvalue weighted by Gasteiger charge is -2.21. The van der Waals surface area contributed by atoms with E-state index < -0.39 is 28.1 Å². The lowest BCUT2D eigenvalue weighted by Crippen LogP contribution is -2.45. The molecule has 3 amide bonds. The zero-order valence-electron chi connectivity index (χ0n) is 22.5. The van der Waals surface area contributed by atoms with E-state index in [0.29, 0.717) is 36.3 Å². The number of hydrogen-bond acceptors (Lipinski definition) is 8. The maximum atomic E-state index is 13.5. The lowest BCUT2D eigenvalue weighted by atomic mass is 10.1. The van der Waals surface area contributed by atoms with E-state index in [1.165, 1.54) is 0 Å². The highest BCUT2D eigenvalue weighted by molar-refractivity contribution is 7.89. The summed E-state index contributed by atoms with van der Waals surface area (Å²) < 4.78 is 40.4. The second kappa shape index (κ2) is 12.4. The SMILES string of the molecule is NS(=O)(=O)CCCC(=O)N1C[C@@H]2NC(=O)c3cc(cc(OCC4CC4)c3)OCC(=O)NCc3ccc(cc3)O[C@H]2C1. The second-order valence-electron chi connectivity index (χ2n) is 10.7. The van der Waals surface area contributed by atoms with E-state index in [1.54, 1.807) is 35.2 Å². The van der Waals surface area contributed by atoms with Gasteiger partial charge in [0.25, 0.3) is 11.8 Å². The molecule has 0 unspecified atom stereocenters. The van der Waals surface area contributed by atoms with Crippen molar-refractivity contribution in [3.05, 3.63) is 53.6 Å². The van der Waals surface area contributed by atoms with Gasteiger partial charge in [-0.3, -0.25) is 14.4 Å². The molecule has 1 saturated carbocycles. The molecule has 220 valence electrons. The van der Waals surface area contributed by atoms with E-state index >= 15 is 0 Å². The number of nitrogens with zero attached hydrogens (tertiary/aromatic N) is 1. The summed E-state index contributed by atoms with van der Waals surface area (Å²) >= 11 is 0. The Morgan fingerprint density at radius 2 is 1.85 bits per heavy atom. The number of amides is 3. The Morgan fingerprint density at radius 3 is 2.59 bits per heavy atom. The Morgan fingerprint density at radius 1 is 1.07 bits per heavy atom. The molecule has 13 heteroatoms. The van der Waals surface area contributed by atoms with Crippen molar-refractivity contribution < 1.29 is 37.0 Å². The summed E-state index contributed by atoms with van der Waals surface area (Å²) in [6.45, 7) is 0.980. The third-order valence-electron chi connectivity index (χ3n) is 7.15. The zero-order chi connectivity index (χ0) is 29.0. The Hall–Kier alpha value is -3.84. The first kappa shape index (κ1) is 28.7. The molecule has 2 aromatic carbocycles. The van der Waals surface area contributed by atoms with Crippen molar-refractivity contribution in [3.63, 3.8) is 0 Å². The van der Waals surface area contributed by atoms with Crippen LogP contribution in [0.4, 0.5) is 0 Å². The minimum atomic E-state index is -3.67. The number of sulfonamides is 1. The molecule has 1 saturated heterocycles. The number of ether oxygens (including phenoxy) is 3. The van der Waals surface area contributed by atoms with Gasteiger partial charge in [0.1, 0.15) is 23.4 Å². The topological polar surface area (TPSA) is 166 Å². The van der Waals surface area contributed by atoms with Crippen LogP contribution < -0.4 is 30.0 Å². The van der Waals surface area contributed by atoms with Crippen LogP contribution in [0.25, 0.3) is 0 Å². The normalized spacial score (nSPS) is 21.1. The molecule has 4 N–H and O–H groups in total. The van der Waals surface area contributed by atoms with E-state index in [0.717, 1.165) is 18.4 Å². The van der Waals surface area contributed by atoms with Gasteiger partial charge in [0, 0.05) is 31.1 Å². The van der Waals surface area contributed by atoms with Crippen molar-refractivity contribution in [2.75, 3.05) is 32.1 Å². The van der Waals surface area contributed by atoms with Crippen LogP contribution in [0.1, 0.15) is 41.6 Å². The number of likely N-dealkylation sites (tertiary alicyclic amines) is 1. The van der Waals surface area contributed by atoms with Crippen molar-refractivity contribution >= 4 is 27.7 Å². The van der Waals surface area contributed by atoms with E-state index in [-0.39, 0.29) is 55.7 Å². The standard InChI is InChI=1S/C28H34N4O8S/c29-41(36,37)9-1-2-27(34)32-14-24-25(15-32)40-21-7-5-18(6-8-21)13-30-26(33)17-39-23-11-20(28(35)31-24)10-22(12-23)38-16-19-3-4-19/h5-8,10-12,19,24-25H,1-4,9,13-17H2,(H,30,33)(H,31,35)(H2,29,36,37)/t24-,25-/m0/s1. The maximum absolute atomic E-state index is 13.5. The van der Waals surface area contributed by atoms with Crippen LogP contribution in [-0.2, 0) is 26.2 Å². The average molecular weight is 587 g/mol. The molecule has 41 heavy (non-hydrogen) atoms. The summed E-state index contributed by atoms with van der Waals surface area (Å²) in [5.74, 6) is 0.541. The van der Waals surface area contributed by atoms with Crippen molar-refractivity contribution in [1.82, 2.24) is 15.5 Å². The maximum Gasteiger partial charge on any atom is 0.258 e. The first-order valence-corrected chi connectivity index (χ1v) is 15.3. The largest absolute Gasteiger partial charge is 0.493 e. The van der Waals surface area contributed by atoms with Gasteiger partial charge in [-0.05, 0) is 55.0 Å². The Labute approximate surface area is 238 Å². The number of nitrogens with one attached hydrogen (secondary N) is 2. The number of rotatable bonds is 7. The fourth-order valence-electron chi connectivity index (χ4n) is 4.70. The summed E-state index contributed by atoms with van der Waals surface area (Å²) in [4.78, 5) is 40.3.